The molecular weight excluding hydrogens is 390 g/mol. The number of piperidine rings is 1. The average Bonchev–Trinajstić information content (AvgIpc) is 3.18. The molecule has 160 valence electrons. The highest BCUT2D eigenvalue weighted by molar-refractivity contribution is 5.93. The Hall–Kier alpha value is -3.19. The first kappa shape index (κ1) is 19.8. The van der Waals surface area contributed by atoms with Crippen LogP contribution >= 0.6 is 0 Å². The number of carbonyl (C=O) groups excluding carboxylic acids is 1. The number of hydrogen-bond acceptors (Lipinski definition) is 4. The Morgan fingerprint density at radius 1 is 1.10 bits per heavy atom. The van der Waals surface area contributed by atoms with E-state index in [0.29, 0.717) is 24.9 Å². The molecule has 2 bridgehead atoms. The van der Waals surface area contributed by atoms with Crippen LogP contribution in [0.5, 0.6) is 0 Å². The highest BCUT2D eigenvalue weighted by Gasteiger charge is 2.35. The van der Waals surface area contributed by atoms with Crippen LogP contribution in [0.15, 0.2) is 59.5 Å². The van der Waals surface area contributed by atoms with Crippen molar-refractivity contribution in [1.82, 2.24) is 24.6 Å². The van der Waals surface area contributed by atoms with Gasteiger partial charge in [-0.2, -0.15) is 5.10 Å². The smallest absolute Gasteiger partial charge is 0.263 e. The van der Waals surface area contributed by atoms with Crippen LogP contribution in [-0.4, -0.2) is 38.2 Å². The first-order valence-corrected chi connectivity index (χ1v) is 10.8. The summed E-state index contributed by atoms with van der Waals surface area (Å²) in [5.41, 5.74) is 3.31. The Bertz CT molecular complexity index is 1150. The molecule has 1 aromatic carbocycles. The molecule has 0 aliphatic carbocycles. The minimum atomic E-state index is -0.331. The van der Waals surface area contributed by atoms with Gasteiger partial charge < -0.3 is 9.88 Å². The lowest BCUT2D eigenvalue weighted by molar-refractivity contribution is 0.0943. The van der Waals surface area contributed by atoms with Crippen LogP contribution in [0, 0.1) is 5.92 Å². The Labute approximate surface area is 181 Å². The number of nitrogens with one attached hydrogen (secondary N) is 1. The van der Waals surface area contributed by atoms with E-state index >= 15 is 0 Å². The van der Waals surface area contributed by atoms with Crippen LogP contribution in [0.4, 0.5) is 0 Å². The first-order valence-electron chi connectivity index (χ1n) is 10.8. The van der Waals surface area contributed by atoms with E-state index in [0.717, 1.165) is 37.4 Å². The highest BCUT2D eigenvalue weighted by Crippen LogP contribution is 2.35. The number of carbonyl (C=O) groups is 1. The van der Waals surface area contributed by atoms with Crippen LogP contribution in [0.3, 0.4) is 0 Å². The zero-order chi connectivity index (χ0) is 21.4. The quantitative estimate of drug-likeness (QED) is 0.690. The number of pyridine rings is 1. The van der Waals surface area contributed by atoms with Gasteiger partial charge >= 0.3 is 0 Å². The molecule has 1 N–H and O–H groups in total. The van der Waals surface area contributed by atoms with Gasteiger partial charge in [0.2, 0.25) is 0 Å². The normalized spacial score (nSPS) is 20.3. The van der Waals surface area contributed by atoms with Crippen LogP contribution in [0.2, 0.25) is 0 Å². The third-order valence-corrected chi connectivity index (χ3v) is 6.53. The molecule has 31 heavy (non-hydrogen) atoms. The maximum absolute atomic E-state index is 13.2. The minimum Gasteiger partial charge on any atom is -0.346 e. The molecule has 0 radical (unpaired) electrons. The number of rotatable bonds is 5. The first-order chi connectivity index (χ1) is 15.1. The summed E-state index contributed by atoms with van der Waals surface area (Å²) in [7, 11) is 1.83. The van der Waals surface area contributed by atoms with Crippen molar-refractivity contribution in [2.45, 2.75) is 32.0 Å². The van der Waals surface area contributed by atoms with Crippen molar-refractivity contribution in [2.24, 2.45) is 13.0 Å². The number of hydrogen-bond donors (Lipinski definition) is 1. The Kier molecular flexibility index (Phi) is 5.19. The Morgan fingerprint density at radius 3 is 2.71 bits per heavy atom. The number of aromatic nitrogens is 3. The van der Waals surface area contributed by atoms with Gasteiger partial charge in [-0.1, -0.05) is 30.3 Å². The van der Waals surface area contributed by atoms with Gasteiger partial charge in [-0.15, -0.1) is 0 Å². The fraction of sp³-hybridized carbons (Fsp3) is 0.375. The van der Waals surface area contributed by atoms with Gasteiger partial charge in [0.1, 0.15) is 5.56 Å². The average molecular weight is 418 g/mol. The fourth-order valence-corrected chi connectivity index (χ4v) is 5.03. The molecule has 1 fully saturated rings. The SMILES string of the molecule is Cn1nccc1CNC(=O)c1ccc2n(c1=O)C[C@H]1C[C@@H]2CN(Cc2ccccc2)C1. The molecule has 4 heterocycles. The van der Waals surface area contributed by atoms with E-state index < -0.39 is 0 Å². The summed E-state index contributed by atoms with van der Waals surface area (Å²) in [5.74, 6) is 0.429. The van der Waals surface area contributed by atoms with Gasteiger partial charge in [-0.05, 0) is 36.1 Å². The van der Waals surface area contributed by atoms with E-state index in [2.05, 4.69) is 39.6 Å². The zero-order valence-corrected chi connectivity index (χ0v) is 17.7. The van der Waals surface area contributed by atoms with E-state index in [9.17, 15) is 9.59 Å². The lowest BCUT2D eigenvalue weighted by Gasteiger charge is -2.43. The molecule has 2 atom stereocenters. The predicted octanol–water partition coefficient (Wildman–Crippen LogP) is 2.13. The van der Waals surface area contributed by atoms with Gasteiger partial charge in [0.25, 0.3) is 11.5 Å². The molecular formula is C24H27N5O2. The number of amides is 1. The van der Waals surface area contributed by atoms with Crippen molar-refractivity contribution < 1.29 is 4.79 Å². The number of benzene rings is 1. The monoisotopic (exact) mass is 417 g/mol. The molecule has 0 saturated carbocycles. The largest absolute Gasteiger partial charge is 0.346 e. The Balaban J connectivity index is 1.33. The van der Waals surface area contributed by atoms with Crippen molar-refractivity contribution in [2.75, 3.05) is 13.1 Å². The van der Waals surface area contributed by atoms with Gasteiger partial charge in [0, 0.05) is 51.0 Å². The fourth-order valence-electron chi connectivity index (χ4n) is 5.03. The molecule has 2 aliphatic heterocycles. The molecule has 0 spiro atoms. The topological polar surface area (TPSA) is 72.2 Å². The number of aryl methyl sites for hydroxylation is 1. The van der Waals surface area contributed by atoms with E-state index in [1.807, 2.05) is 29.8 Å². The third kappa shape index (κ3) is 3.93. The molecule has 1 saturated heterocycles. The molecule has 3 aromatic rings. The molecule has 7 heteroatoms. The van der Waals surface area contributed by atoms with Gasteiger partial charge in [0.15, 0.2) is 0 Å². The van der Waals surface area contributed by atoms with E-state index in [-0.39, 0.29) is 17.0 Å². The van der Waals surface area contributed by atoms with Crippen molar-refractivity contribution in [1.29, 1.82) is 0 Å². The van der Waals surface area contributed by atoms with E-state index in [4.69, 9.17) is 0 Å². The molecule has 7 nitrogen and oxygen atoms in total. The molecule has 0 unspecified atom stereocenters. The maximum Gasteiger partial charge on any atom is 0.263 e. The second-order valence-corrected chi connectivity index (χ2v) is 8.69. The van der Waals surface area contributed by atoms with E-state index in [1.165, 1.54) is 5.56 Å². The second kappa shape index (κ2) is 8.15. The summed E-state index contributed by atoms with van der Waals surface area (Å²) in [4.78, 5) is 28.4. The maximum atomic E-state index is 13.2. The highest BCUT2D eigenvalue weighted by atomic mass is 16.2. The van der Waals surface area contributed by atoms with Crippen molar-refractivity contribution in [3.05, 3.63) is 87.6 Å². The van der Waals surface area contributed by atoms with Crippen LogP contribution < -0.4 is 10.9 Å². The molecule has 2 aliphatic rings. The summed E-state index contributed by atoms with van der Waals surface area (Å²) >= 11 is 0. The number of likely N-dealkylation sites (tertiary alicyclic amines) is 1. The van der Waals surface area contributed by atoms with Crippen LogP contribution in [0.25, 0.3) is 0 Å². The summed E-state index contributed by atoms with van der Waals surface area (Å²) in [6.07, 6.45) is 2.80. The molecule has 5 rings (SSSR count). The molecule has 2 aromatic heterocycles. The third-order valence-electron chi connectivity index (χ3n) is 6.53. The number of fused-ring (bicyclic) bond motifs is 4. The summed E-state index contributed by atoms with van der Waals surface area (Å²) < 4.78 is 3.56. The van der Waals surface area contributed by atoms with Crippen molar-refractivity contribution in [3.8, 4) is 0 Å². The van der Waals surface area contributed by atoms with Crippen LogP contribution in [0.1, 0.15) is 39.6 Å². The van der Waals surface area contributed by atoms with Crippen LogP contribution in [-0.2, 0) is 26.7 Å². The van der Waals surface area contributed by atoms with Crippen molar-refractivity contribution in [3.63, 3.8) is 0 Å². The van der Waals surface area contributed by atoms with Gasteiger partial charge in [0.05, 0.1) is 12.2 Å². The standard InChI is InChI=1S/C24H27N5O2/c1-27-20(9-10-26-27)12-25-23(30)21-7-8-22-19-11-18(15-29(22)24(21)31)14-28(16-19)13-17-5-3-2-4-6-17/h2-10,18-19H,11-16H2,1H3,(H,25,30)/t18-,19+/m0/s1. The van der Waals surface area contributed by atoms with Gasteiger partial charge in [-0.3, -0.25) is 19.2 Å². The van der Waals surface area contributed by atoms with Crippen molar-refractivity contribution >= 4 is 5.91 Å². The number of nitrogens with zero attached hydrogens (tertiary/aromatic N) is 4. The van der Waals surface area contributed by atoms with Gasteiger partial charge in [-0.25, -0.2) is 0 Å². The Morgan fingerprint density at radius 2 is 1.94 bits per heavy atom. The summed E-state index contributed by atoms with van der Waals surface area (Å²) in [5, 5.41) is 6.96. The zero-order valence-electron chi connectivity index (χ0n) is 17.7. The molecule has 1 amide bonds. The lowest BCUT2D eigenvalue weighted by atomic mass is 9.82. The predicted molar refractivity (Wildman–Crippen MR) is 118 cm³/mol. The second-order valence-electron chi connectivity index (χ2n) is 8.69. The lowest BCUT2D eigenvalue weighted by Crippen LogP contribution is -2.47. The van der Waals surface area contributed by atoms with E-state index in [1.54, 1.807) is 16.9 Å². The minimum absolute atomic E-state index is 0.175. The summed E-state index contributed by atoms with van der Waals surface area (Å²) in [6.45, 7) is 3.88. The summed E-state index contributed by atoms with van der Waals surface area (Å²) in [6, 6.07) is 16.1.